The Kier molecular flexibility index (Phi) is 3.10. The predicted octanol–water partition coefficient (Wildman–Crippen LogP) is 1.93. The van der Waals surface area contributed by atoms with E-state index < -0.39 is 17.7 Å². The number of carbonyl (C=O) groups is 1. The van der Waals surface area contributed by atoms with Gasteiger partial charge in [-0.1, -0.05) is 6.07 Å². The van der Waals surface area contributed by atoms with E-state index in [1.54, 1.807) is 4.90 Å². The lowest BCUT2D eigenvalue weighted by molar-refractivity contribution is 0.166. The molecule has 2 heterocycles. The number of amides is 2. The monoisotopic (exact) mass is 267 g/mol. The largest absolute Gasteiger partial charge is 0.322 e. The van der Waals surface area contributed by atoms with Crippen LogP contribution in [0.1, 0.15) is 12.8 Å². The van der Waals surface area contributed by atoms with Crippen LogP contribution in [0.25, 0.3) is 0 Å². The molecule has 102 valence electrons. The van der Waals surface area contributed by atoms with Crippen molar-refractivity contribution in [3.63, 3.8) is 0 Å². The summed E-state index contributed by atoms with van der Waals surface area (Å²) in [7, 11) is 0. The summed E-state index contributed by atoms with van der Waals surface area (Å²) in [6.45, 7) is 1.48. The van der Waals surface area contributed by atoms with E-state index in [1.165, 1.54) is 6.07 Å². The first-order valence-corrected chi connectivity index (χ1v) is 6.41. The van der Waals surface area contributed by atoms with Crippen LogP contribution in [0.2, 0.25) is 0 Å². The van der Waals surface area contributed by atoms with Crippen LogP contribution in [0.4, 0.5) is 19.3 Å². The molecule has 3 rings (SSSR count). The van der Waals surface area contributed by atoms with Crippen molar-refractivity contribution in [2.24, 2.45) is 0 Å². The molecule has 2 saturated heterocycles. The molecule has 2 aliphatic rings. The van der Waals surface area contributed by atoms with Gasteiger partial charge in [-0.15, -0.1) is 0 Å². The van der Waals surface area contributed by atoms with Gasteiger partial charge in [-0.05, 0) is 25.0 Å². The van der Waals surface area contributed by atoms with Crippen molar-refractivity contribution >= 4 is 11.7 Å². The number of para-hydroxylation sites is 1. The van der Waals surface area contributed by atoms with E-state index in [0.717, 1.165) is 38.1 Å². The number of urea groups is 1. The van der Waals surface area contributed by atoms with Gasteiger partial charge < -0.3 is 15.5 Å². The van der Waals surface area contributed by atoms with Crippen molar-refractivity contribution in [3.8, 4) is 0 Å². The molecule has 4 nitrogen and oxygen atoms in total. The molecular weight excluding hydrogens is 252 g/mol. The zero-order valence-electron chi connectivity index (χ0n) is 10.3. The highest BCUT2D eigenvalue weighted by atomic mass is 19.1. The number of nitrogens with one attached hydrogen (secondary N) is 2. The number of carbonyl (C=O) groups excluding carboxylic acids is 1. The summed E-state index contributed by atoms with van der Waals surface area (Å²) in [6, 6.07) is 3.35. The van der Waals surface area contributed by atoms with Gasteiger partial charge in [0, 0.05) is 25.2 Å². The fourth-order valence-electron chi connectivity index (χ4n) is 2.90. The first-order chi connectivity index (χ1) is 9.16. The number of rotatable bonds is 1. The highest BCUT2D eigenvalue weighted by Crippen LogP contribution is 2.28. The summed E-state index contributed by atoms with van der Waals surface area (Å²) in [6.07, 6.45) is 1.87. The van der Waals surface area contributed by atoms with Crippen LogP contribution in [0.5, 0.6) is 0 Å². The maximum absolute atomic E-state index is 13.5. The Morgan fingerprint density at radius 3 is 2.37 bits per heavy atom. The summed E-state index contributed by atoms with van der Waals surface area (Å²) in [5.74, 6) is -1.51. The van der Waals surface area contributed by atoms with Crippen LogP contribution in [-0.2, 0) is 0 Å². The van der Waals surface area contributed by atoms with E-state index >= 15 is 0 Å². The van der Waals surface area contributed by atoms with Crippen molar-refractivity contribution in [3.05, 3.63) is 29.8 Å². The van der Waals surface area contributed by atoms with E-state index in [-0.39, 0.29) is 17.8 Å². The van der Waals surface area contributed by atoms with Crippen LogP contribution in [-0.4, -0.2) is 36.1 Å². The minimum Gasteiger partial charge on any atom is -0.316 e. The molecular formula is C13H15F2N3O. The molecule has 2 bridgehead atoms. The average Bonchev–Trinajstić information content (AvgIpc) is 2.64. The Bertz CT molecular complexity index is 472. The smallest absolute Gasteiger partial charge is 0.316 e. The number of hydrogen-bond donors (Lipinski definition) is 2. The van der Waals surface area contributed by atoms with Crippen LogP contribution >= 0.6 is 0 Å². The number of anilines is 1. The third-order valence-electron chi connectivity index (χ3n) is 3.81. The number of nitrogens with zero attached hydrogens (tertiary/aromatic N) is 1. The Hall–Kier alpha value is -1.69. The highest BCUT2D eigenvalue weighted by Gasteiger charge is 2.39. The second-order valence-electron chi connectivity index (χ2n) is 4.98. The molecule has 2 fully saturated rings. The lowest BCUT2D eigenvalue weighted by Gasteiger charge is -2.35. The van der Waals surface area contributed by atoms with Crippen LogP contribution in [0.3, 0.4) is 0 Å². The zero-order chi connectivity index (χ0) is 13.4. The van der Waals surface area contributed by atoms with Crippen LogP contribution < -0.4 is 10.6 Å². The molecule has 2 atom stereocenters. The van der Waals surface area contributed by atoms with E-state index in [9.17, 15) is 13.6 Å². The van der Waals surface area contributed by atoms with Gasteiger partial charge >= 0.3 is 6.03 Å². The molecule has 1 aromatic rings. The molecule has 2 N–H and O–H groups in total. The van der Waals surface area contributed by atoms with Crippen molar-refractivity contribution < 1.29 is 13.6 Å². The van der Waals surface area contributed by atoms with Crippen LogP contribution in [0, 0.1) is 11.6 Å². The number of piperazine rings is 1. The second kappa shape index (κ2) is 4.77. The van der Waals surface area contributed by atoms with Gasteiger partial charge in [-0.25, -0.2) is 13.6 Å². The number of halogens is 2. The summed E-state index contributed by atoms with van der Waals surface area (Å²) >= 11 is 0. The number of benzene rings is 1. The van der Waals surface area contributed by atoms with E-state index in [2.05, 4.69) is 10.6 Å². The zero-order valence-corrected chi connectivity index (χ0v) is 10.3. The lowest BCUT2D eigenvalue weighted by atomic mass is 10.2. The normalized spacial score (nSPS) is 25.5. The molecule has 0 spiro atoms. The molecule has 0 aromatic heterocycles. The molecule has 2 unspecified atom stereocenters. The van der Waals surface area contributed by atoms with E-state index in [0.29, 0.717) is 0 Å². The standard InChI is InChI=1S/C13H15F2N3O/c14-10-2-1-3-11(15)12(10)17-13(19)18-8-4-5-9(18)7-16-6-8/h1-3,8-9,16H,4-7H2,(H,17,19). The van der Waals surface area contributed by atoms with Gasteiger partial charge in [0.2, 0.25) is 0 Å². The summed E-state index contributed by atoms with van der Waals surface area (Å²) in [4.78, 5) is 13.9. The Balaban J connectivity index is 1.78. The Morgan fingerprint density at radius 1 is 1.21 bits per heavy atom. The van der Waals surface area contributed by atoms with Gasteiger partial charge in [0.15, 0.2) is 0 Å². The lowest BCUT2D eigenvalue weighted by Crippen LogP contribution is -2.55. The molecule has 2 aliphatic heterocycles. The van der Waals surface area contributed by atoms with E-state index in [1.807, 2.05) is 0 Å². The fraction of sp³-hybridized carbons (Fsp3) is 0.462. The first-order valence-electron chi connectivity index (χ1n) is 6.41. The predicted molar refractivity (Wildman–Crippen MR) is 66.9 cm³/mol. The Morgan fingerprint density at radius 2 is 1.79 bits per heavy atom. The van der Waals surface area contributed by atoms with Gasteiger partial charge in [-0.2, -0.15) is 0 Å². The van der Waals surface area contributed by atoms with Crippen molar-refractivity contribution in [2.75, 3.05) is 18.4 Å². The summed E-state index contributed by atoms with van der Waals surface area (Å²) in [5, 5.41) is 5.61. The molecule has 0 radical (unpaired) electrons. The third kappa shape index (κ3) is 2.16. The van der Waals surface area contributed by atoms with Crippen molar-refractivity contribution in [1.29, 1.82) is 0 Å². The van der Waals surface area contributed by atoms with Crippen molar-refractivity contribution in [2.45, 2.75) is 24.9 Å². The molecule has 0 aliphatic carbocycles. The first kappa shape index (κ1) is 12.3. The highest BCUT2D eigenvalue weighted by molar-refractivity contribution is 5.90. The topological polar surface area (TPSA) is 44.4 Å². The third-order valence-corrected chi connectivity index (χ3v) is 3.81. The maximum atomic E-state index is 13.5. The van der Waals surface area contributed by atoms with Crippen molar-refractivity contribution in [1.82, 2.24) is 10.2 Å². The van der Waals surface area contributed by atoms with E-state index in [4.69, 9.17) is 0 Å². The molecule has 0 saturated carbocycles. The summed E-state index contributed by atoms with van der Waals surface area (Å²) < 4.78 is 27.0. The minimum absolute atomic E-state index is 0.119. The average molecular weight is 267 g/mol. The van der Waals surface area contributed by atoms with Crippen LogP contribution in [0.15, 0.2) is 18.2 Å². The fourth-order valence-corrected chi connectivity index (χ4v) is 2.90. The molecule has 1 aromatic carbocycles. The Labute approximate surface area is 109 Å². The van der Waals surface area contributed by atoms with Gasteiger partial charge in [0.05, 0.1) is 0 Å². The molecule has 19 heavy (non-hydrogen) atoms. The SMILES string of the molecule is O=C(Nc1c(F)cccc1F)N1C2CCC1CNC2. The second-order valence-corrected chi connectivity index (χ2v) is 4.98. The quantitative estimate of drug-likeness (QED) is 0.816. The number of fused-ring (bicyclic) bond motifs is 2. The minimum atomic E-state index is -0.754. The summed E-state index contributed by atoms with van der Waals surface area (Å²) in [5.41, 5.74) is -0.370. The number of hydrogen-bond acceptors (Lipinski definition) is 2. The maximum Gasteiger partial charge on any atom is 0.322 e. The van der Waals surface area contributed by atoms with Gasteiger partial charge in [0.25, 0.3) is 0 Å². The molecule has 6 heteroatoms. The van der Waals surface area contributed by atoms with Gasteiger partial charge in [0.1, 0.15) is 17.3 Å². The molecule has 2 amide bonds. The van der Waals surface area contributed by atoms with Gasteiger partial charge in [-0.3, -0.25) is 0 Å².